The van der Waals surface area contributed by atoms with Crippen LogP contribution in [0.2, 0.25) is 0 Å². The second kappa shape index (κ2) is 3.25. The molecule has 3 heteroatoms. The van der Waals surface area contributed by atoms with E-state index in [9.17, 15) is 0 Å². The maximum absolute atomic E-state index is 4.71. The zero-order valence-corrected chi connectivity index (χ0v) is 9.74. The van der Waals surface area contributed by atoms with Crippen LogP contribution in [0.1, 0.15) is 0 Å². The Balaban J connectivity index is 2.28. The molecule has 0 unspecified atom stereocenters. The van der Waals surface area contributed by atoms with Crippen molar-refractivity contribution in [3.63, 3.8) is 0 Å². The molecule has 0 amide bonds. The molecule has 0 atom stereocenters. The molecule has 0 bridgehead atoms. The van der Waals surface area contributed by atoms with E-state index >= 15 is 0 Å². The first-order valence-electron chi connectivity index (χ1n) is 5.46. The van der Waals surface area contributed by atoms with E-state index in [1.807, 2.05) is 30.3 Å². The summed E-state index contributed by atoms with van der Waals surface area (Å²) in [6, 6.07) is 16.4. The van der Waals surface area contributed by atoms with Gasteiger partial charge in [-0.1, -0.05) is 36.4 Å². The lowest BCUT2D eigenvalue weighted by atomic mass is 10.1. The standard InChI is InChI=1S/C14H8N2S/c1-4-8-12-9(5-1)13-14(17-16-12)10-6-2-3-7-11(10)15-13/h1-8H. The molecule has 0 spiro atoms. The molecule has 2 aromatic rings. The number of para-hydroxylation sites is 1. The Labute approximate surface area is 102 Å². The van der Waals surface area contributed by atoms with Crippen LogP contribution in [0.5, 0.6) is 0 Å². The normalized spacial score (nSPS) is 11.5. The molecule has 17 heavy (non-hydrogen) atoms. The highest BCUT2D eigenvalue weighted by atomic mass is 32.1. The molecule has 0 radical (unpaired) electrons. The fraction of sp³-hybridized carbons (Fsp3) is 0. The average molecular weight is 236 g/mol. The Bertz CT molecular complexity index is 804. The highest BCUT2D eigenvalue weighted by molar-refractivity contribution is 7.10. The molecule has 2 heterocycles. The molecule has 0 fully saturated rings. The molecule has 4 rings (SSSR count). The van der Waals surface area contributed by atoms with Gasteiger partial charge >= 0.3 is 0 Å². The van der Waals surface area contributed by atoms with Crippen molar-refractivity contribution in [2.75, 3.05) is 0 Å². The third kappa shape index (κ3) is 1.20. The van der Waals surface area contributed by atoms with Gasteiger partial charge in [-0.3, -0.25) is 0 Å². The molecule has 0 aliphatic carbocycles. The third-order valence-corrected chi connectivity index (χ3v) is 3.87. The molecular weight excluding hydrogens is 228 g/mol. The molecule has 2 aliphatic heterocycles. The van der Waals surface area contributed by atoms with Gasteiger partial charge in [0.25, 0.3) is 0 Å². The zero-order valence-electron chi connectivity index (χ0n) is 8.92. The molecular formula is C14H8N2S. The number of hydrogen-bond acceptors (Lipinski definition) is 3. The SMILES string of the molecule is c1ccc2c3nc4ccccc4c-3snc2c1. The highest BCUT2D eigenvalue weighted by Gasteiger charge is 2.15. The molecule has 0 N–H and O–H groups in total. The highest BCUT2D eigenvalue weighted by Crippen LogP contribution is 2.37. The minimum absolute atomic E-state index is 1.02. The van der Waals surface area contributed by atoms with Gasteiger partial charge in [0.05, 0.1) is 21.6 Å². The van der Waals surface area contributed by atoms with Crippen LogP contribution >= 0.6 is 11.5 Å². The summed E-state index contributed by atoms with van der Waals surface area (Å²) in [4.78, 5) is 5.89. The number of aromatic nitrogens is 2. The topological polar surface area (TPSA) is 25.8 Å². The Morgan fingerprint density at radius 1 is 0.765 bits per heavy atom. The largest absolute Gasteiger partial charge is 0.246 e. The molecule has 0 aromatic heterocycles. The van der Waals surface area contributed by atoms with Crippen molar-refractivity contribution in [3.8, 4) is 10.6 Å². The van der Waals surface area contributed by atoms with E-state index in [0.29, 0.717) is 0 Å². The summed E-state index contributed by atoms with van der Waals surface area (Å²) in [5.74, 6) is 0. The van der Waals surface area contributed by atoms with Crippen LogP contribution in [0.4, 0.5) is 0 Å². The summed E-state index contributed by atoms with van der Waals surface area (Å²) >= 11 is 1.53. The Morgan fingerprint density at radius 2 is 1.47 bits per heavy atom. The summed E-state index contributed by atoms with van der Waals surface area (Å²) in [6.07, 6.45) is 0. The number of benzene rings is 2. The first-order chi connectivity index (χ1) is 8.43. The minimum Gasteiger partial charge on any atom is -0.246 e. The summed E-state index contributed by atoms with van der Waals surface area (Å²) in [6.45, 7) is 0. The number of nitrogens with zero attached hydrogens (tertiary/aromatic N) is 2. The molecule has 2 nitrogen and oxygen atoms in total. The first kappa shape index (κ1) is 9.07. The maximum Gasteiger partial charge on any atom is 0.0926 e. The predicted octanol–water partition coefficient (Wildman–Crippen LogP) is 3.95. The Hall–Kier alpha value is -2.00. The van der Waals surface area contributed by atoms with Gasteiger partial charge in [0, 0.05) is 10.8 Å². The van der Waals surface area contributed by atoms with Gasteiger partial charge in [0.1, 0.15) is 0 Å². The van der Waals surface area contributed by atoms with Crippen LogP contribution in [0.15, 0.2) is 48.5 Å². The van der Waals surface area contributed by atoms with Gasteiger partial charge in [-0.2, -0.15) is 4.37 Å². The number of fused-ring (bicyclic) bond motifs is 5. The quantitative estimate of drug-likeness (QED) is 0.462. The van der Waals surface area contributed by atoms with Gasteiger partial charge in [-0.15, -0.1) is 0 Å². The second-order valence-electron chi connectivity index (χ2n) is 4.01. The van der Waals surface area contributed by atoms with Gasteiger partial charge in [0.15, 0.2) is 0 Å². The Kier molecular flexibility index (Phi) is 1.73. The van der Waals surface area contributed by atoms with E-state index in [1.165, 1.54) is 21.8 Å². The predicted molar refractivity (Wildman–Crippen MR) is 71.5 cm³/mol. The molecule has 0 saturated heterocycles. The lowest BCUT2D eigenvalue weighted by molar-refractivity contribution is 1.49. The molecule has 2 aromatic carbocycles. The smallest absolute Gasteiger partial charge is 0.0926 e. The van der Waals surface area contributed by atoms with Crippen molar-refractivity contribution < 1.29 is 0 Å². The van der Waals surface area contributed by atoms with Crippen molar-refractivity contribution in [2.24, 2.45) is 0 Å². The summed E-state index contributed by atoms with van der Waals surface area (Å²) in [7, 11) is 0. The molecule has 0 saturated carbocycles. The second-order valence-corrected chi connectivity index (χ2v) is 4.78. The van der Waals surface area contributed by atoms with Crippen LogP contribution in [0.3, 0.4) is 0 Å². The van der Waals surface area contributed by atoms with Crippen molar-refractivity contribution in [3.05, 3.63) is 48.5 Å². The lowest BCUT2D eigenvalue weighted by Gasteiger charge is -2.00. The summed E-state index contributed by atoms with van der Waals surface area (Å²) in [5.41, 5.74) is 3.14. The maximum atomic E-state index is 4.71. The van der Waals surface area contributed by atoms with Crippen LogP contribution in [0.25, 0.3) is 32.4 Å². The lowest BCUT2D eigenvalue weighted by Crippen LogP contribution is -1.81. The van der Waals surface area contributed by atoms with Crippen molar-refractivity contribution in [1.82, 2.24) is 9.36 Å². The van der Waals surface area contributed by atoms with Gasteiger partial charge < -0.3 is 0 Å². The first-order valence-corrected chi connectivity index (χ1v) is 6.24. The van der Waals surface area contributed by atoms with Crippen LogP contribution in [0, 0.1) is 0 Å². The summed E-state index contributed by atoms with van der Waals surface area (Å²) < 4.78 is 4.53. The van der Waals surface area contributed by atoms with Gasteiger partial charge in [0.2, 0.25) is 0 Å². The number of hydrogen-bond donors (Lipinski definition) is 0. The van der Waals surface area contributed by atoms with Crippen molar-refractivity contribution in [2.45, 2.75) is 0 Å². The molecule has 2 aliphatic rings. The monoisotopic (exact) mass is 236 g/mol. The van der Waals surface area contributed by atoms with E-state index < -0.39 is 0 Å². The van der Waals surface area contributed by atoms with Crippen LogP contribution < -0.4 is 0 Å². The van der Waals surface area contributed by atoms with E-state index in [-0.39, 0.29) is 0 Å². The van der Waals surface area contributed by atoms with Gasteiger partial charge in [-0.25, -0.2) is 4.98 Å². The van der Waals surface area contributed by atoms with E-state index in [0.717, 1.165) is 22.1 Å². The van der Waals surface area contributed by atoms with E-state index in [2.05, 4.69) is 22.6 Å². The van der Waals surface area contributed by atoms with Crippen LogP contribution in [-0.2, 0) is 0 Å². The summed E-state index contributed by atoms with van der Waals surface area (Å²) in [5, 5.41) is 2.34. The minimum atomic E-state index is 1.02. The fourth-order valence-electron chi connectivity index (χ4n) is 2.19. The fourth-order valence-corrected chi connectivity index (χ4v) is 3.05. The third-order valence-electron chi connectivity index (χ3n) is 2.99. The van der Waals surface area contributed by atoms with E-state index in [1.54, 1.807) is 0 Å². The van der Waals surface area contributed by atoms with Crippen molar-refractivity contribution in [1.29, 1.82) is 0 Å². The zero-order chi connectivity index (χ0) is 11.2. The van der Waals surface area contributed by atoms with Crippen LogP contribution in [-0.4, -0.2) is 9.36 Å². The Morgan fingerprint density at radius 3 is 2.35 bits per heavy atom. The average Bonchev–Trinajstić information content (AvgIpc) is 2.78. The van der Waals surface area contributed by atoms with E-state index in [4.69, 9.17) is 4.98 Å². The van der Waals surface area contributed by atoms with Gasteiger partial charge in [-0.05, 0) is 23.7 Å². The van der Waals surface area contributed by atoms with Crippen molar-refractivity contribution >= 4 is 33.3 Å². The number of rotatable bonds is 0. The molecule has 80 valence electrons.